The number of hydrogen-bond acceptors (Lipinski definition) is 0. The first kappa shape index (κ1) is 15.2. The molecule has 0 fully saturated rings. The van der Waals surface area contributed by atoms with Crippen LogP contribution in [0.2, 0.25) is 0 Å². The summed E-state index contributed by atoms with van der Waals surface area (Å²) in [6.45, 7) is 12.1. The molecule has 16 heavy (non-hydrogen) atoms. The SMILES string of the molecule is C=CC(=C)CCCCCCC=C(C)CCC. The Balaban J connectivity index is 3.30. The molecule has 0 aromatic rings. The molecule has 0 rings (SSSR count). The summed E-state index contributed by atoms with van der Waals surface area (Å²) >= 11 is 0. The Morgan fingerprint density at radius 1 is 1.06 bits per heavy atom. The summed E-state index contributed by atoms with van der Waals surface area (Å²) in [5.74, 6) is 0. The van der Waals surface area contributed by atoms with E-state index in [0.29, 0.717) is 0 Å². The zero-order valence-electron chi connectivity index (χ0n) is 11.2. The third-order valence-corrected chi connectivity index (χ3v) is 2.88. The summed E-state index contributed by atoms with van der Waals surface area (Å²) < 4.78 is 0. The number of allylic oxidation sites excluding steroid dienone is 4. The molecule has 0 radical (unpaired) electrons. The fraction of sp³-hybridized carbons (Fsp3) is 0.625. The minimum absolute atomic E-state index is 1.12. The van der Waals surface area contributed by atoms with Gasteiger partial charge in [-0.3, -0.25) is 0 Å². The van der Waals surface area contributed by atoms with Crippen LogP contribution < -0.4 is 0 Å². The molecule has 0 aliphatic carbocycles. The second kappa shape index (κ2) is 10.7. The fourth-order valence-corrected chi connectivity index (χ4v) is 1.80. The molecule has 0 amide bonds. The van der Waals surface area contributed by atoms with Crippen LogP contribution in [-0.4, -0.2) is 0 Å². The van der Waals surface area contributed by atoms with Crippen LogP contribution >= 0.6 is 0 Å². The minimum Gasteiger partial charge on any atom is -0.0988 e. The van der Waals surface area contributed by atoms with E-state index in [-0.39, 0.29) is 0 Å². The van der Waals surface area contributed by atoms with E-state index in [0.717, 1.165) is 6.42 Å². The van der Waals surface area contributed by atoms with Gasteiger partial charge in [0.1, 0.15) is 0 Å². The molecule has 0 unspecified atom stereocenters. The predicted molar refractivity (Wildman–Crippen MR) is 75.7 cm³/mol. The normalized spacial score (nSPS) is 11.5. The van der Waals surface area contributed by atoms with Gasteiger partial charge >= 0.3 is 0 Å². The monoisotopic (exact) mass is 220 g/mol. The molecule has 0 heterocycles. The van der Waals surface area contributed by atoms with Gasteiger partial charge in [0.15, 0.2) is 0 Å². The zero-order valence-corrected chi connectivity index (χ0v) is 11.2. The van der Waals surface area contributed by atoms with Gasteiger partial charge < -0.3 is 0 Å². The highest BCUT2D eigenvalue weighted by Crippen LogP contribution is 2.12. The highest BCUT2D eigenvalue weighted by Gasteiger charge is 1.92. The van der Waals surface area contributed by atoms with E-state index in [4.69, 9.17) is 0 Å². The third-order valence-electron chi connectivity index (χ3n) is 2.88. The lowest BCUT2D eigenvalue weighted by molar-refractivity contribution is 0.646. The van der Waals surface area contributed by atoms with E-state index in [9.17, 15) is 0 Å². The molecular formula is C16H28. The average molecular weight is 220 g/mol. The highest BCUT2D eigenvalue weighted by atomic mass is 14.0. The van der Waals surface area contributed by atoms with Gasteiger partial charge in [0.05, 0.1) is 0 Å². The maximum atomic E-state index is 3.92. The fourth-order valence-electron chi connectivity index (χ4n) is 1.80. The standard InChI is InChI=1S/C16H28/c1-5-12-16(4)14-11-9-7-8-10-13-15(3)6-2/h6,14H,2-3,5,7-13H2,1,4H3. The lowest BCUT2D eigenvalue weighted by Gasteiger charge is -2.01. The Hall–Kier alpha value is -0.780. The van der Waals surface area contributed by atoms with Gasteiger partial charge in [-0.1, -0.05) is 62.6 Å². The Morgan fingerprint density at radius 3 is 2.38 bits per heavy atom. The molecule has 0 aliphatic rings. The molecule has 92 valence electrons. The molecule has 0 spiro atoms. The number of unbranched alkanes of at least 4 members (excludes halogenated alkanes) is 4. The molecule has 0 aromatic heterocycles. The summed E-state index contributed by atoms with van der Waals surface area (Å²) in [5.41, 5.74) is 2.74. The molecule has 0 heteroatoms. The quantitative estimate of drug-likeness (QED) is 0.247. The van der Waals surface area contributed by atoms with Crippen molar-refractivity contribution in [2.45, 2.75) is 65.2 Å². The van der Waals surface area contributed by atoms with Crippen LogP contribution in [0.3, 0.4) is 0 Å². The van der Waals surface area contributed by atoms with Crippen molar-refractivity contribution in [3.63, 3.8) is 0 Å². The lowest BCUT2D eigenvalue weighted by Crippen LogP contribution is -1.81. The Kier molecular flexibility index (Phi) is 10.2. The average Bonchev–Trinajstić information content (AvgIpc) is 2.27. The van der Waals surface area contributed by atoms with Crippen LogP contribution in [0.25, 0.3) is 0 Å². The van der Waals surface area contributed by atoms with Crippen molar-refractivity contribution < 1.29 is 0 Å². The summed E-state index contributed by atoms with van der Waals surface area (Å²) in [6, 6.07) is 0. The molecular weight excluding hydrogens is 192 g/mol. The summed E-state index contributed by atoms with van der Waals surface area (Å²) in [4.78, 5) is 0. The second-order valence-electron chi connectivity index (χ2n) is 4.62. The van der Waals surface area contributed by atoms with Crippen LogP contribution in [0.5, 0.6) is 0 Å². The van der Waals surface area contributed by atoms with Crippen molar-refractivity contribution in [2.24, 2.45) is 0 Å². The molecule has 0 atom stereocenters. The summed E-state index contributed by atoms with van der Waals surface area (Å²) in [7, 11) is 0. The van der Waals surface area contributed by atoms with Crippen molar-refractivity contribution in [1.29, 1.82) is 0 Å². The molecule has 0 saturated heterocycles. The topological polar surface area (TPSA) is 0 Å². The third kappa shape index (κ3) is 9.76. The van der Waals surface area contributed by atoms with Crippen LogP contribution in [0.4, 0.5) is 0 Å². The van der Waals surface area contributed by atoms with E-state index in [1.807, 2.05) is 6.08 Å². The Bertz CT molecular complexity index is 220. The lowest BCUT2D eigenvalue weighted by atomic mass is 10.1. The first-order chi connectivity index (χ1) is 7.70. The van der Waals surface area contributed by atoms with Gasteiger partial charge in [0.25, 0.3) is 0 Å². The van der Waals surface area contributed by atoms with Gasteiger partial charge in [0, 0.05) is 0 Å². The van der Waals surface area contributed by atoms with Crippen molar-refractivity contribution in [2.75, 3.05) is 0 Å². The van der Waals surface area contributed by atoms with Crippen LogP contribution in [0.15, 0.2) is 36.5 Å². The molecule has 0 nitrogen and oxygen atoms in total. The summed E-state index contributed by atoms with van der Waals surface area (Å²) in [5, 5.41) is 0. The smallest absolute Gasteiger partial charge is 0.0285 e. The van der Waals surface area contributed by atoms with E-state index >= 15 is 0 Å². The predicted octanol–water partition coefficient (Wildman–Crippen LogP) is 5.82. The van der Waals surface area contributed by atoms with Gasteiger partial charge in [-0.2, -0.15) is 0 Å². The largest absolute Gasteiger partial charge is 0.0988 e. The van der Waals surface area contributed by atoms with E-state index in [1.165, 1.54) is 50.5 Å². The first-order valence-corrected chi connectivity index (χ1v) is 6.66. The maximum absolute atomic E-state index is 3.92. The second-order valence-corrected chi connectivity index (χ2v) is 4.62. The van der Waals surface area contributed by atoms with Gasteiger partial charge in [0.2, 0.25) is 0 Å². The van der Waals surface area contributed by atoms with Crippen LogP contribution in [0, 0.1) is 0 Å². The van der Waals surface area contributed by atoms with E-state index < -0.39 is 0 Å². The maximum Gasteiger partial charge on any atom is -0.0285 e. The van der Waals surface area contributed by atoms with Crippen molar-refractivity contribution in [3.05, 3.63) is 36.5 Å². The number of rotatable bonds is 10. The summed E-state index contributed by atoms with van der Waals surface area (Å²) in [6.07, 6.45) is 14.5. The number of hydrogen-bond donors (Lipinski definition) is 0. The zero-order chi connectivity index (χ0) is 12.2. The highest BCUT2D eigenvalue weighted by molar-refractivity contribution is 5.10. The first-order valence-electron chi connectivity index (χ1n) is 6.66. The van der Waals surface area contributed by atoms with Crippen LogP contribution in [-0.2, 0) is 0 Å². The molecule has 0 bridgehead atoms. The van der Waals surface area contributed by atoms with Crippen LogP contribution in [0.1, 0.15) is 65.2 Å². The van der Waals surface area contributed by atoms with Crippen molar-refractivity contribution >= 4 is 0 Å². The van der Waals surface area contributed by atoms with E-state index in [2.05, 4.69) is 33.1 Å². The Morgan fingerprint density at radius 2 is 1.75 bits per heavy atom. The van der Waals surface area contributed by atoms with Crippen molar-refractivity contribution in [3.8, 4) is 0 Å². The van der Waals surface area contributed by atoms with E-state index in [1.54, 1.807) is 5.57 Å². The minimum atomic E-state index is 1.12. The van der Waals surface area contributed by atoms with Gasteiger partial charge in [-0.05, 0) is 39.0 Å². The molecule has 0 N–H and O–H groups in total. The molecule has 0 saturated carbocycles. The van der Waals surface area contributed by atoms with Gasteiger partial charge in [-0.25, -0.2) is 0 Å². The molecule has 0 aliphatic heterocycles. The van der Waals surface area contributed by atoms with Crippen molar-refractivity contribution in [1.82, 2.24) is 0 Å². The molecule has 0 aromatic carbocycles. The Labute approximate surface area is 102 Å². The van der Waals surface area contributed by atoms with Gasteiger partial charge in [-0.15, -0.1) is 0 Å².